The summed E-state index contributed by atoms with van der Waals surface area (Å²) in [5.74, 6) is -1.10. The van der Waals surface area contributed by atoms with Gasteiger partial charge >= 0.3 is 12.1 Å². The molecule has 0 radical (unpaired) electrons. The molecule has 2 unspecified atom stereocenters. The zero-order chi connectivity index (χ0) is 11.4. The topological polar surface area (TPSA) is 83.9 Å². The van der Waals surface area contributed by atoms with Crippen LogP contribution in [0.25, 0.3) is 0 Å². The lowest BCUT2D eigenvalue weighted by molar-refractivity contribution is -0.142. The second-order valence-electron chi connectivity index (χ2n) is 3.24. The summed E-state index contributed by atoms with van der Waals surface area (Å²) in [6.07, 6.45) is 0.510. The SMILES string of the molecule is CCOC(=O)N1C(C=O)CCC1C(=O)O. The maximum atomic E-state index is 11.4. The first-order chi connectivity index (χ1) is 7.11. The molecule has 1 N–H and O–H groups in total. The van der Waals surface area contributed by atoms with Crippen molar-refractivity contribution in [2.45, 2.75) is 31.8 Å². The molecule has 0 aromatic rings. The first-order valence-electron chi connectivity index (χ1n) is 4.75. The van der Waals surface area contributed by atoms with E-state index in [0.29, 0.717) is 12.7 Å². The van der Waals surface area contributed by atoms with Gasteiger partial charge in [-0.15, -0.1) is 0 Å². The second-order valence-corrected chi connectivity index (χ2v) is 3.24. The number of aldehydes is 1. The minimum absolute atomic E-state index is 0.160. The van der Waals surface area contributed by atoms with Crippen LogP contribution in [0, 0.1) is 0 Å². The monoisotopic (exact) mass is 215 g/mol. The van der Waals surface area contributed by atoms with Gasteiger partial charge in [-0.1, -0.05) is 0 Å². The molecule has 1 aliphatic rings. The van der Waals surface area contributed by atoms with Crippen molar-refractivity contribution in [1.82, 2.24) is 4.90 Å². The molecule has 1 amide bonds. The third kappa shape index (κ3) is 2.26. The number of hydrogen-bond acceptors (Lipinski definition) is 4. The number of carboxylic acid groups (broad SMARTS) is 1. The lowest BCUT2D eigenvalue weighted by atomic mass is 10.2. The van der Waals surface area contributed by atoms with Crippen LogP contribution in [0.2, 0.25) is 0 Å². The molecule has 0 aromatic carbocycles. The lowest BCUT2D eigenvalue weighted by Crippen LogP contribution is -2.45. The molecule has 6 nitrogen and oxygen atoms in total. The van der Waals surface area contributed by atoms with Gasteiger partial charge in [-0.3, -0.25) is 4.90 Å². The Labute approximate surface area is 86.8 Å². The maximum absolute atomic E-state index is 11.4. The van der Waals surface area contributed by atoms with E-state index in [4.69, 9.17) is 9.84 Å². The number of carboxylic acids is 1. The standard InChI is InChI=1S/C9H13NO5/c1-2-15-9(14)10-6(5-11)3-4-7(10)8(12)13/h5-7H,2-4H2,1H3,(H,12,13). The van der Waals surface area contributed by atoms with E-state index in [9.17, 15) is 14.4 Å². The van der Waals surface area contributed by atoms with Crippen molar-refractivity contribution >= 4 is 18.3 Å². The fourth-order valence-corrected chi connectivity index (χ4v) is 1.67. The molecule has 84 valence electrons. The lowest BCUT2D eigenvalue weighted by Gasteiger charge is -2.23. The fourth-order valence-electron chi connectivity index (χ4n) is 1.67. The average Bonchev–Trinajstić information content (AvgIpc) is 2.61. The largest absolute Gasteiger partial charge is 0.480 e. The molecule has 0 aromatic heterocycles. The molecule has 0 saturated carbocycles. The molecule has 6 heteroatoms. The van der Waals surface area contributed by atoms with Crippen LogP contribution >= 0.6 is 0 Å². The number of likely N-dealkylation sites (tertiary alicyclic amines) is 1. The summed E-state index contributed by atoms with van der Waals surface area (Å²) >= 11 is 0. The Morgan fingerprint density at radius 1 is 1.53 bits per heavy atom. The van der Waals surface area contributed by atoms with Gasteiger partial charge in [0.15, 0.2) is 0 Å². The number of amides is 1. The molecule has 0 aliphatic carbocycles. The molecule has 1 saturated heterocycles. The van der Waals surface area contributed by atoms with Gasteiger partial charge in [-0.2, -0.15) is 0 Å². The summed E-state index contributed by atoms with van der Waals surface area (Å²) in [4.78, 5) is 33.9. The minimum atomic E-state index is -1.10. The van der Waals surface area contributed by atoms with Gasteiger partial charge in [0.1, 0.15) is 12.3 Å². The molecule has 0 spiro atoms. The van der Waals surface area contributed by atoms with E-state index in [-0.39, 0.29) is 13.0 Å². The minimum Gasteiger partial charge on any atom is -0.480 e. The van der Waals surface area contributed by atoms with Gasteiger partial charge in [-0.05, 0) is 19.8 Å². The van der Waals surface area contributed by atoms with E-state index in [2.05, 4.69) is 0 Å². The number of rotatable bonds is 3. The highest BCUT2D eigenvalue weighted by molar-refractivity contribution is 5.83. The third-order valence-electron chi connectivity index (χ3n) is 2.35. The summed E-state index contributed by atoms with van der Waals surface area (Å²) in [6, 6.07) is -1.62. The summed E-state index contributed by atoms with van der Waals surface area (Å²) in [5.41, 5.74) is 0. The molecular formula is C9H13NO5. The van der Waals surface area contributed by atoms with Crippen molar-refractivity contribution in [1.29, 1.82) is 0 Å². The van der Waals surface area contributed by atoms with Crippen molar-refractivity contribution < 1.29 is 24.2 Å². The van der Waals surface area contributed by atoms with E-state index >= 15 is 0 Å². The zero-order valence-electron chi connectivity index (χ0n) is 8.38. The van der Waals surface area contributed by atoms with Crippen molar-refractivity contribution in [3.63, 3.8) is 0 Å². The molecule has 1 aliphatic heterocycles. The highest BCUT2D eigenvalue weighted by Crippen LogP contribution is 2.24. The molecule has 1 rings (SSSR count). The fraction of sp³-hybridized carbons (Fsp3) is 0.667. The number of nitrogens with zero attached hydrogens (tertiary/aromatic N) is 1. The Balaban J connectivity index is 2.80. The van der Waals surface area contributed by atoms with E-state index < -0.39 is 24.1 Å². The van der Waals surface area contributed by atoms with Gasteiger partial charge in [-0.25, -0.2) is 9.59 Å². The van der Waals surface area contributed by atoms with Crippen LogP contribution in [0.1, 0.15) is 19.8 Å². The normalized spacial score (nSPS) is 25.0. The first-order valence-corrected chi connectivity index (χ1v) is 4.75. The Kier molecular flexibility index (Phi) is 3.65. The molecule has 15 heavy (non-hydrogen) atoms. The molecule has 2 atom stereocenters. The molecular weight excluding hydrogens is 202 g/mol. The van der Waals surface area contributed by atoms with E-state index in [1.807, 2.05) is 0 Å². The number of ether oxygens (including phenoxy) is 1. The smallest absolute Gasteiger partial charge is 0.411 e. The zero-order valence-corrected chi connectivity index (χ0v) is 8.38. The van der Waals surface area contributed by atoms with E-state index in [0.717, 1.165) is 4.90 Å². The number of carbonyl (C=O) groups is 3. The average molecular weight is 215 g/mol. The Bertz CT molecular complexity index is 278. The molecule has 1 heterocycles. The van der Waals surface area contributed by atoms with Crippen molar-refractivity contribution in [3.05, 3.63) is 0 Å². The van der Waals surface area contributed by atoms with Crippen LogP contribution in [-0.4, -0.2) is 47.0 Å². The molecule has 1 fully saturated rings. The predicted molar refractivity (Wildman–Crippen MR) is 49.4 cm³/mol. The van der Waals surface area contributed by atoms with Crippen LogP contribution in [0.4, 0.5) is 4.79 Å². The van der Waals surface area contributed by atoms with Crippen molar-refractivity contribution in [2.24, 2.45) is 0 Å². The number of hydrogen-bond donors (Lipinski definition) is 1. The highest BCUT2D eigenvalue weighted by Gasteiger charge is 2.41. The van der Waals surface area contributed by atoms with Crippen LogP contribution in [0.15, 0.2) is 0 Å². The Hall–Kier alpha value is -1.59. The second kappa shape index (κ2) is 4.77. The van der Waals surface area contributed by atoms with Gasteiger partial charge in [0.2, 0.25) is 0 Å². The summed E-state index contributed by atoms with van der Waals surface area (Å²) in [6.45, 7) is 1.78. The van der Waals surface area contributed by atoms with Crippen LogP contribution < -0.4 is 0 Å². The number of carbonyl (C=O) groups excluding carboxylic acids is 2. The van der Waals surface area contributed by atoms with E-state index in [1.54, 1.807) is 6.92 Å². The maximum Gasteiger partial charge on any atom is 0.411 e. The van der Waals surface area contributed by atoms with Gasteiger partial charge in [0.05, 0.1) is 12.6 Å². The van der Waals surface area contributed by atoms with Gasteiger partial charge in [0.25, 0.3) is 0 Å². The first kappa shape index (κ1) is 11.5. The quantitative estimate of drug-likeness (QED) is 0.682. The summed E-state index contributed by atoms with van der Waals surface area (Å²) in [7, 11) is 0. The van der Waals surface area contributed by atoms with Crippen LogP contribution in [-0.2, 0) is 14.3 Å². The summed E-state index contributed by atoms with van der Waals surface area (Å²) < 4.78 is 4.70. The van der Waals surface area contributed by atoms with Gasteiger partial charge in [0, 0.05) is 0 Å². The Morgan fingerprint density at radius 3 is 2.67 bits per heavy atom. The predicted octanol–water partition coefficient (Wildman–Crippen LogP) is 0.259. The third-order valence-corrected chi connectivity index (χ3v) is 2.35. The number of aliphatic carboxylic acids is 1. The summed E-state index contributed by atoms with van der Waals surface area (Å²) in [5, 5.41) is 8.85. The molecule has 0 bridgehead atoms. The highest BCUT2D eigenvalue weighted by atomic mass is 16.6. The van der Waals surface area contributed by atoms with Crippen LogP contribution in [0.5, 0.6) is 0 Å². The van der Waals surface area contributed by atoms with Crippen molar-refractivity contribution in [2.75, 3.05) is 6.61 Å². The van der Waals surface area contributed by atoms with Crippen molar-refractivity contribution in [3.8, 4) is 0 Å². The Morgan fingerprint density at radius 2 is 2.20 bits per heavy atom. The van der Waals surface area contributed by atoms with Gasteiger partial charge < -0.3 is 14.6 Å². The van der Waals surface area contributed by atoms with E-state index in [1.165, 1.54) is 0 Å². The van der Waals surface area contributed by atoms with Crippen LogP contribution in [0.3, 0.4) is 0 Å².